The van der Waals surface area contributed by atoms with E-state index in [2.05, 4.69) is 6.92 Å². The van der Waals surface area contributed by atoms with Crippen molar-refractivity contribution in [2.45, 2.75) is 39.2 Å². The summed E-state index contributed by atoms with van der Waals surface area (Å²) in [5.41, 5.74) is 7.62. The lowest BCUT2D eigenvalue weighted by Gasteiger charge is -2.14. The van der Waals surface area contributed by atoms with E-state index in [0.29, 0.717) is 5.56 Å². The number of benzene rings is 1. The zero-order chi connectivity index (χ0) is 10.6. The monoisotopic (exact) mass is 195 g/mol. The summed E-state index contributed by atoms with van der Waals surface area (Å²) in [5.74, 6) is -0.158. The van der Waals surface area contributed by atoms with E-state index in [1.54, 1.807) is 13.0 Å². The topological polar surface area (TPSA) is 26.0 Å². The largest absolute Gasteiger partial charge is 0.324 e. The van der Waals surface area contributed by atoms with Crippen LogP contribution in [0.3, 0.4) is 0 Å². The molecule has 0 fully saturated rings. The Bertz CT molecular complexity index is 296. The molecule has 78 valence electrons. The van der Waals surface area contributed by atoms with Crippen LogP contribution in [0.4, 0.5) is 4.39 Å². The van der Waals surface area contributed by atoms with Crippen LogP contribution in [-0.2, 0) is 0 Å². The van der Waals surface area contributed by atoms with Gasteiger partial charge in [0.2, 0.25) is 0 Å². The molecule has 1 atom stereocenters. The smallest absolute Gasteiger partial charge is 0.126 e. The molecule has 0 aliphatic carbocycles. The first-order chi connectivity index (χ1) is 6.66. The molecule has 0 unspecified atom stereocenters. The molecule has 0 radical (unpaired) electrons. The van der Waals surface area contributed by atoms with Crippen LogP contribution in [0.1, 0.15) is 43.4 Å². The van der Waals surface area contributed by atoms with Crippen LogP contribution in [-0.4, -0.2) is 0 Å². The Morgan fingerprint density at radius 3 is 2.79 bits per heavy atom. The summed E-state index contributed by atoms with van der Waals surface area (Å²) in [6.07, 6.45) is 3.15. The van der Waals surface area contributed by atoms with Gasteiger partial charge >= 0.3 is 0 Å². The van der Waals surface area contributed by atoms with Gasteiger partial charge in [-0.2, -0.15) is 0 Å². The molecule has 1 nitrogen and oxygen atoms in total. The fraction of sp³-hybridized carbons (Fsp3) is 0.500. The van der Waals surface area contributed by atoms with Crippen molar-refractivity contribution in [3.8, 4) is 0 Å². The first-order valence-corrected chi connectivity index (χ1v) is 5.17. The minimum Gasteiger partial charge on any atom is -0.324 e. The molecule has 2 N–H and O–H groups in total. The van der Waals surface area contributed by atoms with Gasteiger partial charge in [0.15, 0.2) is 0 Å². The fourth-order valence-electron chi connectivity index (χ4n) is 1.61. The van der Waals surface area contributed by atoms with Crippen LogP contribution < -0.4 is 5.73 Å². The Morgan fingerprint density at radius 2 is 2.14 bits per heavy atom. The third kappa shape index (κ3) is 2.55. The molecule has 1 rings (SSSR count). The van der Waals surface area contributed by atoms with Crippen molar-refractivity contribution in [1.82, 2.24) is 0 Å². The SMILES string of the molecule is CCCC[C@@H](N)c1cccc(F)c1C. The minimum absolute atomic E-state index is 0.0225. The van der Waals surface area contributed by atoms with Crippen LogP contribution in [0.25, 0.3) is 0 Å². The van der Waals surface area contributed by atoms with Gasteiger partial charge < -0.3 is 5.73 Å². The summed E-state index contributed by atoms with van der Waals surface area (Å²) in [6.45, 7) is 3.92. The number of hydrogen-bond acceptors (Lipinski definition) is 1. The number of halogens is 1. The van der Waals surface area contributed by atoms with Gasteiger partial charge in [-0.05, 0) is 30.5 Å². The maximum Gasteiger partial charge on any atom is 0.126 e. The molecule has 14 heavy (non-hydrogen) atoms. The van der Waals surface area contributed by atoms with E-state index in [1.807, 2.05) is 6.07 Å². The lowest BCUT2D eigenvalue weighted by Crippen LogP contribution is -2.12. The summed E-state index contributed by atoms with van der Waals surface area (Å²) < 4.78 is 13.2. The van der Waals surface area contributed by atoms with E-state index in [0.717, 1.165) is 24.8 Å². The van der Waals surface area contributed by atoms with Crippen molar-refractivity contribution in [2.75, 3.05) is 0 Å². The number of hydrogen-bond donors (Lipinski definition) is 1. The van der Waals surface area contributed by atoms with Gasteiger partial charge in [0.1, 0.15) is 5.82 Å². The molecule has 2 heteroatoms. The third-order valence-electron chi connectivity index (χ3n) is 2.58. The van der Waals surface area contributed by atoms with Crippen LogP contribution >= 0.6 is 0 Å². The molecular weight excluding hydrogens is 177 g/mol. The summed E-state index contributed by atoms with van der Waals surface area (Å²) in [7, 11) is 0. The van der Waals surface area contributed by atoms with E-state index < -0.39 is 0 Å². The van der Waals surface area contributed by atoms with Crippen LogP contribution in [0, 0.1) is 12.7 Å². The highest BCUT2D eigenvalue weighted by atomic mass is 19.1. The van der Waals surface area contributed by atoms with Gasteiger partial charge in [-0.25, -0.2) is 4.39 Å². The highest BCUT2D eigenvalue weighted by Gasteiger charge is 2.10. The second-order valence-corrected chi connectivity index (χ2v) is 3.70. The quantitative estimate of drug-likeness (QED) is 0.783. The molecule has 0 bridgehead atoms. The van der Waals surface area contributed by atoms with E-state index in [1.165, 1.54) is 6.07 Å². The summed E-state index contributed by atoms with van der Waals surface area (Å²) in [5, 5.41) is 0. The van der Waals surface area contributed by atoms with Gasteiger partial charge in [-0.15, -0.1) is 0 Å². The number of nitrogens with two attached hydrogens (primary N) is 1. The minimum atomic E-state index is -0.158. The molecule has 0 aliphatic heterocycles. The van der Waals surface area contributed by atoms with Gasteiger partial charge in [-0.3, -0.25) is 0 Å². The van der Waals surface area contributed by atoms with E-state index in [-0.39, 0.29) is 11.9 Å². The molecule has 0 spiro atoms. The molecule has 0 aliphatic rings. The van der Waals surface area contributed by atoms with Crippen molar-refractivity contribution in [3.63, 3.8) is 0 Å². The summed E-state index contributed by atoms with van der Waals surface area (Å²) >= 11 is 0. The van der Waals surface area contributed by atoms with Crippen LogP contribution in [0.5, 0.6) is 0 Å². The standard InChI is InChI=1S/C12H18FN/c1-3-4-8-12(14)10-6-5-7-11(13)9(10)2/h5-7,12H,3-4,8,14H2,1-2H3/t12-/m1/s1. The zero-order valence-corrected chi connectivity index (χ0v) is 8.89. The maximum atomic E-state index is 13.2. The Balaban J connectivity index is 2.79. The average molecular weight is 195 g/mol. The fourth-order valence-corrected chi connectivity index (χ4v) is 1.61. The summed E-state index contributed by atoms with van der Waals surface area (Å²) in [6, 6.07) is 5.10. The van der Waals surface area contributed by atoms with Crippen molar-refractivity contribution in [1.29, 1.82) is 0 Å². The Morgan fingerprint density at radius 1 is 1.43 bits per heavy atom. The normalized spacial score (nSPS) is 12.9. The second-order valence-electron chi connectivity index (χ2n) is 3.70. The van der Waals surface area contributed by atoms with E-state index in [4.69, 9.17) is 5.73 Å². The lowest BCUT2D eigenvalue weighted by atomic mass is 9.97. The lowest BCUT2D eigenvalue weighted by molar-refractivity contribution is 0.580. The zero-order valence-electron chi connectivity index (χ0n) is 8.89. The number of rotatable bonds is 4. The maximum absolute atomic E-state index is 13.2. The van der Waals surface area contributed by atoms with E-state index >= 15 is 0 Å². The Kier molecular flexibility index (Phi) is 4.08. The predicted octanol–water partition coefficient (Wildman–Crippen LogP) is 3.32. The molecule has 0 saturated heterocycles. The average Bonchev–Trinajstić information content (AvgIpc) is 2.18. The molecule has 1 aromatic carbocycles. The van der Waals surface area contributed by atoms with Gasteiger partial charge in [0.25, 0.3) is 0 Å². The predicted molar refractivity (Wildman–Crippen MR) is 57.6 cm³/mol. The first-order valence-electron chi connectivity index (χ1n) is 5.17. The van der Waals surface area contributed by atoms with Gasteiger partial charge in [0.05, 0.1) is 0 Å². The van der Waals surface area contributed by atoms with Gasteiger partial charge in [0, 0.05) is 6.04 Å². The van der Waals surface area contributed by atoms with E-state index in [9.17, 15) is 4.39 Å². The molecule has 0 saturated carbocycles. The second kappa shape index (κ2) is 5.11. The van der Waals surface area contributed by atoms with Crippen LogP contribution in [0.15, 0.2) is 18.2 Å². The summed E-state index contributed by atoms with van der Waals surface area (Å²) in [4.78, 5) is 0. The van der Waals surface area contributed by atoms with Crippen molar-refractivity contribution < 1.29 is 4.39 Å². The van der Waals surface area contributed by atoms with Crippen molar-refractivity contribution in [2.24, 2.45) is 5.73 Å². The van der Waals surface area contributed by atoms with Crippen LogP contribution in [0.2, 0.25) is 0 Å². The molecule has 0 aromatic heterocycles. The first kappa shape index (κ1) is 11.2. The Hall–Kier alpha value is -0.890. The molecule has 0 amide bonds. The van der Waals surface area contributed by atoms with Crippen molar-refractivity contribution in [3.05, 3.63) is 35.1 Å². The third-order valence-corrected chi connectivity index (χ3v) is 2.58. The molecular formula is C12H18FN. The van der Waals surface area contributed by atoms with Crippen molar-refractivity contribution >= 4 is 0 Å². The number of unbranched alkanes of at least 4 members (excludes halogenated alkanes) is 1. The molecule has 0 heterocycles. The van der Waals surface area contributed by atoms with Gasteiger partial charge in [-0.1, -0.05) is 31.9 Å². The highest BCUT2D eigenvalue weighted by molar-refractivity contribution is 5.29. The Labute approximate surface area is 85.1 Å². The highest BCUT2D eigenvalue weighted by Crippen LogP contribution is 2.21. The molecule has 1 aromatic rings.